The number of hydrogen-bond acceptors (Lipinski definition) is 4. The molecule has 0 spiro atoms. The summed E-state index contributed by atoms with van der Waals surface area (Å²) in [5.74, 6) is 0.295. The Bertz CT molecular complexity index is 531. The van der Waals surface area contributed by atoms with Crippen molar-refractivity contribution in [3.8, 4) is 0 Å². The van der Waals surface area contributed by atoms with Crippen LogP contribution in [-0.2, 0) is 14.8 Å². The van der Waals surface area contributed by atoms with Crippen LogP contribution in [0.25, 0.3) is 0 Å². The van der Waals surface area contributed by atoms with Crippen molar-refractivity contribution in [2.24, 2.45) is 5.92 Å². The zero-order valence-electron chi connectivity index (χ0n) is 14.3. The highest BCUT2D eigenvalue weighted by atomic mass is 32.2. The van der Waals surface area contributed by atoms with E-state index in [0.29, 0.717) is 38.0 Å². The molecule has 1 saturated carbocycles. The van der Waals surface area contributed by atoms with Gasteiger partial charge in [0.2, 0.25) is 15.9 Å². The predicted octanol–water partition coefficient (Wildman–Crippen LogP) is 0.743. The first-order valence-electron chi connectivity index (χ1n) is 8.82. The second-order valence-electron chi connectivity index (χ2n) is 7.45. The van der Waals surface area contributed by atoms with Crippen LogP contribution in [0.15, 0.2) is 0 Å². The Morgan fingerprint density at radius 2 is 1.43 bits per heavy atom. The fourth-order valence-corrected chi connectivity index (χ4v) is 4.80. The van der Waals surface area contributed by atoms with Crippen LogP contribution in [0.4, 0.5) is 0 Å². The molecule has 0 radical (unpaired) electrons. The molecular weight excluding hydrogens is 314 g/mol. The lowest BCUT2D eigenvalue weighted by atomic mass is 9.94. The summed E-state index contributed by atoms with van der Waals surface area (Å²) in [6.45, 7) is 3.10. The Kier molecular flexibility index (Phi) is 4.99. The van der Waals surface area contributed by atoms with Gasteiger partial charge in [0, 0.05) is 31.1 Å². The van der Waals surface area contributed by atoms with E-state index >= 15 is 0 Å². The largest absolute Gasteiger partial charge is 0.336 e. The lowest BCUT2D eigenvalue weighted by Crippen LogP contribution is -2.51. The first kappa shape index (κ1) is 17.2. The van der Waals surface area contributed by atoms with Crippen LogP contribution >= 0.6 is 0 Å². The molecule has 132 valence electrons. The van der Waals surface area contributed by atoms with Gasteiger partial charge in [-0.15, -0.1) is 0 Å². The number of piperidine rings is 2. The highest BCUT2D eigenvalue weighted by molar-refractivity contribution is 7.88. The van der Waals surface area contributed by atoms with Crippen molar-refractivity contribution in [2.75, 3.05) is 39.5 Å². The van der Waals surface area contributed by atoms with Crippen molar-refractivity contribution >= 4 is 15.9 Å². The summed E-state index contributed by atoms with van der Waals surface area (Å²) in [5, 5.41) is 0. The Hall–Kier alpha value is -0.660. The Balaban J connectivity index is 1.61. The van der Waals surface area contributed by atoms with Gasteiger partial charge < -0.3 is 9.80 Å². The van der Waals surface area contributed by atoms with Crippen LogP contribution in [-0.4, -0.2) is 80.0 Å². The van der Waals surface area contributed by atoms with Crippen LogP contribution < -0.4 is 0 Å². The SMILES string of the molecule is CN1CCC(N(C(=O)C2CCN(S(C)(=O)=O)CC2)C2CC2)CC1. The summed E-state index contributed by atoms with van der Waals surface area (Å²) in [6, 6.07) is 0.836. The third-order valence-electron chi connectivity index (χ3n) is 5.55. The van der Waals surface area contributed by atoms with E-state index in [2.05, 4.69) is 16.8 Å². The van der Waals surface area contributed by atoms with E-state index in [0.717, 1.165) is 38.8 Å². The third kappa shape index (κ3) is 4.06. The fourth-order valence-electron chi connectivity index (χ4n) is 3.93. The Morgan fingerprint density at radius 3 is 1.91 bits per heavy atom. The van der Waals surface area contributed by atoms with Crippen LogP contribution in [0.3, 0.4) is 0 Å². The maximum atomic E-state index is 13.1. The van der Waals surface area contributed by atoms with Crippen LogP contribution in [0, 0.1) is 5.92 Å². The Morgan fingerprint density at radius 1 is 0.913 bits per heavy atom. The van der Waals surface area contributed by atoms with Crippen molar-refractivity contribution in [1.82, 2.24) is 14.1 Å². The van der Waals surface area contributed by atoms with Crippen molar-refractivity contribution < 1.29 is 13.2 Å². The van der Waals surface area contributed by atoms with Gasteiger partial charge in [0.1, 0.15) is 0 Å². The topological polar surface area (TPSA) is 60.9 Å². The minimum atomic E-state index is -3.12. The maximum Gasteiger partial charge on any atom is 0.226 e. The number of carbonyl (C=O) groups excluding carboxylic acids is 1. The molecule has 3 rings (SSSR count). The zero-order chi connectivity index (χ0) is 16.6. The molecule has 2 saturated heterocycles. The van der Waals surface area contributed by atoms with Gasteiger partial charge >= 0.3 is 0 Å². The van der Waals surface area contributed by atoms with Gasteiger partial charge in [-0.3, -0.25) is 4.79 Å². The number of hydrogen-bond donors (Lipinski definition) is 0. The third-order valence-corrected chi connectivity index (χ3v) is 6.85. The van der Waals surface area contributed by atoms with Crippen LogP contribution in [0.5, 0.6) is 0 Å². The number of likely N-dealkylation sites (tertiary alicyclic amines) is 1. The molecule has 3 aliphatic rings. The summed E-state index contributed by atoms with van der Waals surface area (Å²) in [5.41, 5.74) is 0. The molecule has 3 fully saturated rings. The summed E-state index contributed by atoms with van der Waals surface area (Å²) in [7, 11) is -0.984. The molecule has 0 aromatic carbocycles. The second-order valence-corrected chi connectivity index (χ2v) is 9.43. The lowest BCUT2D eigenvalue weighted by molar-refractivity contribution is -0.140. The molecule has 0 unspecified atom stereocenters. The molecule has 2 heterocycles. The summed E-state index contributed by atoms with van der Waals surface area (Å²) in [4.78, 5) is 17.6. The molecule has 0 atom stereocenters. The van der Waals surface area contributed by atoms with Gasteiger partial charge in [0.25, 0.3) is 0 Å². The number of amides is 1. The number of carbonyl (C=O) groups is 1. The zero-order valence-corrected chi connectivity index (χ0v) is 15.1. The average Bonchev–Trinajstić information content (AvgIpc) is 3.33. The van der Waals surface area contributed by atoms with E-state index in [-0.39, 0.29) is 11.8 Å². The van der Waals surface area contributed by atoms with Gasteiger partial charge in [-0.1, -0.05) is 0 Å². The number of sulfonamides is 1. The van der Waals surface area contributed by atoms with Crippen molar-refractivity contribution in [2.45, 2.75) is 50.6 Å². The fraction of sp³-hybridized carbons (Fsp3) is 0.938. The molecule has 23 heavy (non-hydrogen) atoms. The molecule has 1 amide bonds. The van der Waals surface area contributed by atoms with Crippen LogP contribution in [0.2, 0.25) is 0 Å². The smallest absolute Gasteiger partial charge is 0.226 e. The second kappa shape index (κ2) is 6.69. The van der Waals surface area contributed by atoms with E-state index in [1.54, 1.807) is 0 Å². The van der Waals surface area contributed by atoms with E-state index in [4.69, 9.17) is 0 Å². The molecule has 1 aliphatic carbocycles. The lowest BCUT2D eigenvalue weighted by Gasteiger charge is -2.40. The monoisotopic (exact) mass is 343 g/mol. The molecule has 7 heteroatoms. The van der Waals surface area contributed by atoms with Gasteiger partial charge in [0.15, 0.2) is 0 Å². The van der Waals surface area contributed by atoms with Gasteiger partial charge in [-0.25, -0.2) is 12.7 Å². The van der Waals surface area contributed by atoms with Crippen molar-refractivity contribution in [3.05, 3.63) is 0 Å². The van der Waals surface area contributed by atoms with Gasteiger partial charge in [-0.05, 0) is 58.7 Å². The average molecular weight is 343 g/mol. The van der Waals surface area contributed by atoms with Crippen molar-refractivity contribution in [3.63, 3.8) is 0 Å². The highest BCUT2D eigenvalue weighted by Crippen LogP contribution is 2.34. The quantitative estimate of drug-likeness (QED) is 0.755. The first-order valence-corrected chi connectivity index (χ1v) is 10.7. The first-order chi connectivity index (χ1) is 10.9. The van der Waals surface area contributed by atoms with Crippen molar-refractivity contribution in [1.29, 1.82) is 0 Å². The molecule has 2 aliphatic heterocycles. The standard InChI is InChI=1S/C16H29N3O3S/c1-17-9-7-15(8-10-17)19(14-3-4-14)16(20)13-5-11-18(12-6-13)23(2,21)22/h13-15H,3-12H2,1-2H3. The highest BCUT2D eigenvalue weighted by Gasteiger charge is 2.41. The molecule has 0 bridgehead atoms. The maximum absolute atomic E-state index is 13.1. The normalized spacial score (nSPS) is 26.3. The van der Waals surface area contributed by atoms with E-state index in [1.807, 2.05) is 0 Å². The summed E-state index contributed by atoms with van der Waals surface area (Å²) in [6.07, 6.45) is 7.01. The molecular formula is C16H29N3O3S. The van der Waals surface area contributed by atoms with E-state index < -0.39 is 10.0 Å². The molecule has 0 N–H and O–H groups in total. The van der Waals surface area contributed by atoms with E-state index in [9.17, 15) is 13.2 Å². The molecule has 0 aromatic heterocycles. The minimum absolute atomic E-state index is 0.00764. The van der Waals surface area contributed by atoms with E-state index in [1.165, 1.54) is 10.6 Å². The molecule has 0 aromatic rings. The summed E-state index contributed by atoms with van der Waals surface area (Å²) >= 11 is 0. The van der Waals surface area contributed by atoms with Gasteiger partial charge in [-0.2, -0.15) is 0 Å². The van der Waals surface area contributed by atoms with Gasteiger partial charge in [0.05, 0.1) is 6.26 Å². The molecule has 6 nitrogen and oxygen atoms in total. The number of nitrogens with zero attached hydrogens (tertiary/aromatic N) is 3. The summed E-state index contributed by atoms with van der Waals surface area (Å²) < 4.78 is 24.7. The van der Waals surface area contributed by atoms with Crippen LogP contribution in [0.1, 0.15) is 38.5 Å². The predicted molar refractivity (Wildman–Crippen MR) is 89.5 cm³/mol. The number of rotatable bonds is 4. The Labute approximate surface area is 139 Å². The minimum Gasteiger partial charge on any atom is -0.336 e.